The van der Waals surface area contributed by atoms with Crippen molar-refractivity contribution >= 4 is 28.5 Å². The van der Waals surface area contributed by atoms with Gasteiger partial charge in [-0.25, -0.2) is 4.79 Å². The second kappa shape index (κ2) is 7.00. The fourth-order valence-electron chi connectivity index (χ4n) is 2.41. The van der Waals surface area contributed by atoms with Crippen molar-refractivity contribution in [2.45, 2.75) is 13.5 Å². The molecule has 0 fully saturated rings. The lowest BCUT2D eigenvalue weighted by atomic mass is 10.1. The van der Waals surface area contributed by atoms with E-state index in [4.69, 9.17) is 4.42 Å². The zero-order chi connectivity index (χ0) is 17.8. The molecule has 0 bridgehead atoms. The summed E-state index contributed by atoms with van der Waals surface area (Å²) >= 11 is 0. The molecule has 0 aliphatic carbocycles. The summed E-state index contributed by atoms with van der Waals surface area (Å²) in [6, 6.07) is 15.6. The number of hydrogen-bond acceptors (Lipinski definition) is 4. The third kappa shape index (κ3) is 3.92. The third-order valence-electron chi connectivity index (χ3n) is 3.61. The Labute approximate surface area is 143 Å². The molecule has 1 aromatic heterocycles. The number of anilines is 1. The van der Waals surface area contributed by atoms with Crippen LogP contribution in [0.2, 0.25) is 0 Å². The summed E-state index contributed by atoms with van der Waals surface area (Å²) in [4.78, 5) is 35.2. The number of rotatable bonds is 4. The highest BCUT2D eigenvalue weighted by molar-refractivity contribution is 5.96. The maximum atomic E-state index is 12.3. The van der Waals surface area contributed by atoms with Crippen LogP contribution >= 0.6 is 0 Å². The molecule has 0 radical (unpaired) electrons. The van der Waals surface area contributed by atoms with E-state index in [1.807, 2.05) is 0 Å². The standard InChI is InChI=1S/C19H16N2O4/c1-12(22)21-15-8-6-13(7-9-15)11-20-18(23)16-10-14-4-2-3-5-17(14)25-19(16)24/h2-10H,11H2,1H3,(H,20,23)(H,21,22). The molecular formula is C19H16N2O4. The molecule has 3 aromatic rings. The normalized spacial score (nSPS) is 10.4. The quantitative estimate of drug-likeness (QED) is 0.717. The van der Waals surface area contributed by atoms with Gasteiger partial charge in [-0.2, -0.15) is 0 Å². The average molecular weight is 336 g/mol. The summed E-state index contributed by atoms with van der Waals surface area (Å²) in [5, 5.41) is 6.05. The minimum Gasteiger partial charge on any atom is -0.422 e. The highest BCUT2D eigenvalue weighted by Crippen LogP contribution is 2.13. The van der Waals surface area contributed by atoms with E-state index in [1.165, 1.54) is 13.0 Å². The lowest BCUT2D eigenvalue weighted by Gasteiger charge is -2.07. The van der Waals surface area contributed by atoms with Gasteiger partial charge in [0.25, 0.3) is 5.91 Å². The molecule has 0 saturated carbocycles. The van der Waals surface area contributed by atoms with Crippen molar-refractivity contribution in [1.82, 2.24) is 5.32 Å². The zero-order valence-electron chi connectivity index (χ0n) is 13.5. The van der Waals surface area contributed by atoms with E-state index in [9.17, 15) is 14.4 Å². The first-order valence-electron chi connectivity index (χ1n) is 7.70. The Kier molecular flexibility index (Phi) is 4.61. The second-order valence-electron chi connectivity index (χ2n) is 5.55. The van der Waals surface area contributed by atoms with E-state index >= 15 is 0 Å². The van der Waals surface area contributed by atoms with Gasteiger partial charge in [0, 0.05) is 24.5 Å². The summed E-state index contributed by atoms with van der Waals surface area (Å²) in [6.45, 7) is 1.69. The van der Waals surface area contributed by atoms with Crippen molar-refractivity contribution in [1.29, 1.82) is 0 Å². The van der Waals surface area contributed by atoms with Gasteiger partial charge in [-0.3, -0.25) is 9.59 Å². The van der Waals surface area contributed by atoms with Gasteiger partial charge >= 0.3 is 5.63 Å². The molecule has 0 unspecified atom stereocenters. The number of fused-ring (bicyclic) bond motifs is 1. The maximum Gasteiger partial charge on any atom is 0.349 e. The topological polar surface area (TPSA) is 88.4 Å². The van der Waals surface area contributed by atoms with Crippen LogP contribution in [0.3, 0.4) is 0 Å². The van der Waals surface area contributed by atoms with Crippen molar-refractivity contribution in [2.75, 3.05) is 5.32 Å². The van der Waals surface area contributed by atoms with Crippen LogP contribution in [0.4, 0.5) is 5.69 Å². The number of nitrogens with one attached hydrogen (secondary N) is 2. The summed E-state index contributed by atoms with van der Waals surface area (Å²) in [5.74, 6) is -0.644. The van der Waals surface area contributed by atoms with Crippen LogP contribution in [0.25, 0.3) is 11.0 Å². The summed E-state index contributed by atoms with van der Waals surface area (Å²) < 4.78 is 5.16. The van der Waals surface area contributed by atoms with Crippen LogP contribution in [0.15, 0.2) is 63.8 Å². The Bertz CT molecular complexity index is 990. The van der Waals surface area contributed by atoms with E-state index < -0.39 is 11.5 Å². The number of hydrogen-bond donors (Lipinski definition) is 2. The Hall–Kier alpha value is -3.41. The van der Waals surface area contributed by atoms with Crippen molar-refractivity contribution in [3.05, 3.63) is 76.1 Å². The summed E-state index contributed by atoms with van der Waals surface area (Å²) in [5.41, 5.74) is 1.26. The van der Waals surface area contributed by atoms with Crippen molar-refractivity contribution in [3.63, 3.8) is 0 Å². The van der Waals surface area contributed by atoms with Crippen LogP contribution in [-0.4, -0.2) is 11.8 Å². The fourth-order valence-corrected chi connectivity index (χ4v) is 2.41. The number of carbonyl (C=O) groups is 2. The Morgan fingerprint density at radius 1 is 1.04 bits per heavy atom. The SMILES string of the molecule is CC(=O)Nc1ccc(CNC(=O)c2cc3ccccc3oc2=O)cc1. The minimum absolute atomic E-state index is 0.0337. The molecule has 6 nitrogen and oxygen atoms in total. The number of para-hydroxylation sites is 1. The fraction of sp³-hybridized carbons (Fsp3) is 0.105. The van der Waals surface area contributed by atoms with Gasteiger partial charge in [-0.05, 0) is 29.8 Å². The first kappa shape index (κ1) is 16.4. The molecule has 6 heteroatoms. The largest absolute Gasteiger partial charge is 0.422 e. The first-order chi connectivity index (χ1) is 12.0. The van der Waals surface area contributed by atoms with Crippen molar-refractivity contribution in [3.8, 4) is 0 Å². The van der Waals surface area contributed by atoms with Crippen molar-refractivity contribution < 1.29 is 14.0 Å². The number of carbonyl (C=O) groups excluding carboxylic acids is 2. The molecule has 2 amide bonds. The van der Waals surface area contributed by atoms with E-state index in [0.717, 1.165) is 5.56 Å². The van der Waals surface area contributed by atoms with E-state index in [-0.39, 0.29) is 18.0 Å². The Morgan fingerprint density at radius 2 is 1.76 bits per heavy atom. The molecular weight excluding hydrogens is 320 g/mol. The molecule has 0 spiro atoms. The maximum absolute atomic E-state index is 12.3. The van der Waals surface area contributed by atoms with Gasteiger partial charge in [0.1, 0.15) is 11.1 Å². The monoisotopic (exact) mass is 336 g/mol. The first-order valence-corrected chi connectivity index (χ1v) is 7.70. The Balaban J connectivity index is 1.71. The summed E-state index contributed by atoms with van der Waals surface area (Å²) in [7, 11) is 0. The van der Waals surface area contributed by atoms with E-state index in [0.29, 0.717) is 16.7 Å². The zero-order valence-corrected chi connectivity index (χ0v) is 13.5. The van der Waals surface area contributed by atoms with Crippen LogP contribution in [0, 0.1) is 0 Å². The summed E-state index contributed by atoms with van der Waals surface area (Å²) in [6.07, 6.45) is 0. The third-order valence-corrected chi connectivity index (χ3v) is 3.61. The number of amides is 2. The van der Waals surface area contributed by atoms with E-state index in [2.05, 4.69) is 10.6 Å². The average Bonchev–Trinajstić information content (AvgIpc) is 2.60. The van der Waals surface area contributed by atoms with Gasteiger partial charge in [0.05, 0.1) is 0 Å². The molecule has 0 aliphatic heterocycles. The second-order valence-corrected chi connectivity index (χ2v) is 5.55. The number of benzene rings is 2. The molecule has 2 aromatic carbocycles. The van der Waals surface area contributed by atoms with Crippen LogP contribution in [-0.2, 0) is 11.3 Å². The molecule has 0 aliphatic rings. The molecule has 25 heavy (non-hydrogen) atoms. The molecule has 3 rings (SSSR count). The van der Waals surface area contributed by atoms with E-state index in [1.54, 1.807) is 48.5 Å². The van der Waals surface area contributed by atoms with Gasteiger partial charge in [0.15, 0.2) is 0 Å². The lowest BCUT2D eigenvalue weighted by Crippen LogP contribution is -2.27. The molecule has 126 valence electrons. The molecule has 0 saturated heterocycles. The van der Waals surface area contributed by atoms with Crippen LogP contribution < -0.4 is 16.3 Å². The van der Waals surface area contributed by atoms with Crippen molar-refractivity contribution in [2.24, 2.45) is 0 Å². The predicted octanol–water partition coefficient (Wildman–Crippen LogP) is 2.68. The minimum atomic E-state index is -0.669. The molecule has 2 N–H and O–H groups in total. The predicted molar refractivity (Wildman–Crippen MR) is 94.4 cm³/mol. The van der Waals surface area contributed by atoms with Gasteiger partial charge in [-0.1, -0.05) is 30.3 Å². The lowest BCUT2D eigenvalue weighted by molar-refractivity contribution is -0.114. The Morgan fingerprint density at radius 3 is 2.48 bits per heavy atom. The molecule has 1 heterocycles. The van der Waals surface area contributed by atoms with Crippen LogP contribution in [0.1, 0.15) is 22.8 Å². The highest BCUT2D eigenvalue weighted by atomic mass is 16.4. The van der Waals surface area contributed by atoms with Gasteiger partial charge in [0.2, 0.25) is 5.91 Å². The highest BCUT2D eigenvalue weighted by Gasteiger charge is 2.13. The molecule has 0 atom stereocenters. The van der Waals surface area contributed by atoms with Gasteiger partial charge < -0.3 is 15.1 Å². The van der Waals surface area contributed by atoms with Gasteiger partial charge in [-0.15, -0.1) is 0 Å². The van der Waals surface area contributed by atoms with Crippen LogP contribution in [0.5, 0.6) is 0 Å². The smallest absolute Gasteiger partial charge is 0.349 e.